The Morgan fingerprint density at radius 1 is 1.25 bits per heavy atom. The molecule has 0 radical (unpaired) electrons. The second-order valence-electron chi connectivity index (χ2n) is 6.30. The Labute approximate surface area is 122 Å². The monoisotopic (exact) mass is 273 g/mol. The molecule has 1 N–H and O–H groups in total. The summed E-state index contributed by atoms with van der Waals surface area (Å²) in [6.45, 7) is 5.42. The van der Waals surface area contributed by atoms with Crippen LogP contribution < -0.4 is 10.2 Å². The van der Waals surface area contributed by atoms with E-state index in [9.17, 15) is 0 Å². The van der Waals surface area contributed by atoms with Crippen LogP contribution in [0.25, 0.3) is 0 Å². The summed E-state index contributed by atoms with van der Waals surface area (Å²) in [5.41, 5.74) is 1.29. The fourth-order valence-corrected chi connectivity index (χ4v) is 3.79. The molecule has 2 atom stereocenters. The average molecular weight is 273 g/mol. The Kier molecular flexibility index (Phi) is 4.56. The van der Waals surface area contributed by atoms with Crippen LogP contribution in [-0.4, -0.2) is 24.1 Å². The molecule has 3 nitrogen and oxygen atoms in total. The van der Waals surface area contributed by atoms with E-state index in [4.69, 9.17) is 4.98 Å². The number of fused-ring (bicyclic) bond motifs is 1. The lowest BCUT2D eigenvalue weighted by Gasteiger charge is -2.32. The van der Waals surface area contributed by atoms with Crippen LogP contribution in [0.4, 0.5) is 5.82 Å². The van der Waals surface area contributed by atoms with Gasteiger partial charge in [-0.05, 0) is 49.8 Å². The smallest absolute Gasteiger partial charge is 0.128 e. The summed E-state index contributed by atoms with van der Waals surface area (Å²) >= 11 is 0. The molecule has 0 spiro atoms. The van der Waals surface area contributed by atoms with Gasteiger partial charge in [-0.1, -0.05) is 25.8 Å². The Balaban J connectivity index is 1.62. The molecule has 0 bridgehead atoms. The average Bonchev–Trinajstić information content (AvgIpc) is 2.92. The molecule has 2 fully saturated rings. The molecule has 0 aromatic carbocycles. The van der Waals surface area contributed by atoms with Crippen LogP contribution in [-0.2, 0) is 6.54 Å². The summed E-state index contributed by atoms with van der Waals surface area (Å²) in [7, 11) is 0. The molecular formula is C17H27N3. The first-order chi connectivity index (χ1) is 9.88. The number of hydrogen-bond acceptors (Lipinski definition) is 3. The molecule has 1 aromatic heterocycles. The van der Waals surface area contributed by atoms with Gasteiger partial charge < -0.3 is 10.2 Å². The first-order valence-corrected chi connectivity index (χ1v) is 8.31. The summed E-state index contributed by atoms with van der Waals surface area (Å²) in [5.74, 6) is 2.12. The van der Waals surface area contributed by atoms with Crippen molar-refractivity contribution in [1.82, 2.24) is 10.3 Å². The number of anilines is 1. The molecular weight excluding hydrogens is 246 g/mol. The van der Waals surface area contributed by atoms with Crippen molar-refractivity contribution < 1.29 is 0 Å². The Bertz CT molecular complexity index is 415. The van der Waals surface area contributed by atoms with E-state index < -0.39 is 0 Å². The van der Waals surface area contributed by atoms with Crippen molar-refractivity contribution >= 4 is 5.82 Å². The second-order valence-corrected chi connectivity index (χ2v) is 6.30. The SMILES string of the molecule is CCCNCc1ccc(N2CCC3CCCCC32)nc1. The van der Waals surface area contributed by atoms with Gasteiger partial charge in [-0.3, -0.25) is 0 Å². The first kappa shape index (κ1) is 13.9. The molecule has 1 saturated carbocycles. The van der Waals surface area contributed by atoms with Crippen LogP contribution in [0.15, 0.2) is 18.3 Å². The topological polar surface area (TPSA) is 28.2 Å². The maximum Gasteiger partial charge on any atom is 0.128 e. The van der Waals surface area contributed by atoms with E-state index in [1.807, 2.05) is 6.20 Å². The predicted octanol–water partition coefficient (Wildman–Crippen LogP) is 3.35. The molecule has 20 heavy (non-hydrogen) atoms. The minimum absolute atomic E-state index is 0.764. The lowest BCUT2D eigenvalue weighted by molar-refractivity contribution is 0.341. The zero-order valence-corrected chi connectivity index (χ0v) is 12.6. The van der Waals surface area contributed by atoms with Gasteiger partial charge in [-0.25, -0.2) is 4.98 Å². The van der Waals surface area contributed by atoms with Crippen molar-refractivity contribution in [3.8, 4) is 0 Å². The van der Waals surface area contributed by atoms with E-state index in [0.29, 0.717) is 0 Å². The highest BCUT2D eigenvalue weighted by Crippen LogP contribution is 2.38. The zero-order valence-electron chi connectivity index (χ0n) is 12.6. The van der Waals surface area contributed by atoms with Gasteiger partial charge in [0.2, 0.25) is 0 Å². The van der Waals surface area contributed by atoms with Crippen molar-refractivity contribution in [2.45, 2.75) is 58.0 Å². The molecule has 1 aliphatic heterocycles. The fraction of sp³-hybridized carbons (Fsp3) is 0.706. The van der Waals surface area contributed by atoms with E-state index in [1.54, 1.807) is 0 Å². The number of hydrogen-bond donors (Lipinski definition) is 1. The third-order valence-corrected chi connectivity index (χ3v) is 4.87. The van der Waals surface area contributed by atoms with Crippen molar-refractivity contribution in [2.24, 2.45) is 5.92 Å². The van der Waals surface area contributed by atoms with Gasteiger partial charge in [-0.15, -0.1) is 0 Å². The van der Waals surface area contributed by atoms with Gasteiger partial charge in [0.1, 0.15) is 5.82 Å². The van der Waals surface area contributed by atoms with Crippen LogP contribution in [0.2, 0.25) is 0 Å². The lowest BCUT2D eigenvalue weighted by atomic mass is 9.85. The van der Waals surface area contributed by atoms with Crippen LogP contribution in [0.5, 0.6) is 0 Å². The quantitative estimate of drug-likeness (QED) is 0.834. The number of pyridine rings is 1. The molecule has 2 aliphatic rings. The maximum atomic E-state index is 4.72. The zero-order chi connectivity index (χ0) is 13.8. The normalized spacial score (nSPS) is 25.8. The van der Waals surface area contributed by atoms with Crippen LogP contribution in [0.3, 0.4) is 0 Å². The minimum atomic E-state index is 0.764. The number of rotatable bonds is 5. The number of nitrogens with zero attached hydrogens (tertiary/aromatic N) is 2. The minimum Gasteiger partial charge on any atom is -0.353 e. The highest BCUT2D eigenvalue weighted by molar-refractivity contribution is 5.42. The van der Waals surface area contributed by atoms with E-state index >= 15 is 0 Å². The van der Waals surface area contributed by atoms with Crippen molar-refractivity contribution in [2.75, 3.05) is 18.0 Å². The molecule has 3 rings (SSSR count). The third-order valence-electron chi connectivity index (χ3n) is 4.87. The lowest BCUT2D eigenvalue weighted by Crippen LogP contribution is -2.35. The highest BCUT2D eigenvalue weighted by Gasteiger charge is 2.36. The van der Waals surface area contributed by atoms with E-state index in [2.05, 4.69) is 29.3 Å². The first-order valence-electron chi connectivity index (χ1n) is 8.31. The maximum absolute atomic E-state index is 4.72. The summed E-state index contributed by atoms with van der Waals surface area (Å²) in [5, 5.41) is 3.43. The summed E-state index contributed by atoms with van der Waals surface area (Å²) in [4.78, 5) is 7.28. The second kappa shape index (κ2) is 6.57. The summed E-state index contributed by atoms with van der Waals surface area (Å²) < 4.78 is 0. The number of nitrogens with one attached hydrogen (secondary N) is 1. The van der Waals surface area contributed by atoms with E-state index in [-0.39, 0.29) is 0 Å². The van der Waals surface area contributed by atoms with Gasteiger partial charge >= 0.3 is 0 Å². The number of aromatic nitrogens is 1. The van der Waals surface area contributed by atoms with E-state index in [0.717, 1.165) is 25.0 Å². The molecule has 3 heteroatoms. The molecule has 2 heterocycles. The molecule has 110 valence electrons. The van der Waals surface area contributed by atoms with Crippen molar-refractivity contribution in [3.63, 3.8) is 0 Å². The van der Waals surface area contributed by atoms with E-state index in [1.165, 1.54) is 56.5 Å². The summed E-state index contributed by atoms with van der Waals surface area (Å²) in [6.07, 6.45) is 10.2. The largest absolute Gasteiger partial charge is 0.353 e. The van der Waals surface area contributed by atoms with Gasteiger partial charge in [0.05, 0.1) is 0 Å². The molecule has 1 saturated heterocycles. The van der Waals surface area contributed by atoms with Gasteiger partial charge in [0.25, 0.3) is 0 Å². The fourth-order valence-electron chi connectivity index (χ4n) is 3.79. The molecule has 1 aromatic rings. The van der Waals surface area contributed by atoms with Crippen LogP contribution in [0, 0.1) is 5.92 Å². The van der Waals surface area contributed by atoms with Crippen molar-refractivity contribution in [3.05, 3.63) is 23.9 Å². The molecule has 0 amide bonds. The highest BCUT2D eigenvalue weighted by atomic mass is 15.2. The molecule has 2 unspecified atom stereocenters. The third kappa shape index (κ3) is 2.98. The van der Waals surface area contributed by atoms with Gasteiger partial charge in [-0.2, -0.15) is 0 Å². The van der Waals surface area contributed by atoms with Gasteiger partial charge in [0, 0.05) is 25.3 Å². The summed E-state index contributed by atoms with van der Waals surface area (Å²) in [6, 6.07) is 5.22. The standard InChI is InChI=1S/C17H27N3/c1-2-10-18-12-14-7-8-17(19-13-14)20-11-9-15-5-3-4-6-16(15)20/h7-8,13,15-16,18H,2-6,9-12H2,1H3. The van der Waals surface area contributed by atoms with Crippen molar-refractivity contribution in [1.29, 1.82) is 0 Å². The Morgan fingerprint density at radius 3 is 2.95 bits per heavy atom. The Hall–Kier alpha value is -1.09. The Morgan fingerprint density at radius 2 is 2.15 bits per heavy atom. The van der Waals surface area contributed by atoms with Crippen LogP contribution >= 0.6 is 0 Å². The predicted molar refractivity (Wildman–Crippen MR) is 83.9 cm³/mol. The van der Waals surface area contributed by atoms with Crippen LogP contribution in [0.1, 0.15) is 51.0 Å². The van der Waals surface area contributed by atoms with Gasteiger partial charge in [0.15, 0.2) is 0 Å². The molecule has 1 aliphatic carbocycles.